The Hall–Kier alpha value is -2.69. The van der Waals surface area contributed by atoms with E-state index in [1.165, 1.54) is 6.07 Å². The Morgan fingerprint density at radius 3 is 2.64 bits per heavy atom. The van der Waals surface area contributed by atoms with Crippen LogP contribution >= 0.6 is 0 Å². The topological polar surface area (TPSA) is 72.2 Å². The summed E-state index contributed by atoms with van der Waals surface area (Å²) in [7, 11) is 0. The summed E-state index contributed by atoms with van der Waals surface area (Å²) >= 11 is 0. The fourth-order valence-corrected chi connectivity index (χ4v) is 3.70. The van der Waals surface area contributed by atoms with Crippen LogP contribution in [0.5, 0.6) is 0 Å². The van der Waals surface area contributed by atoms with Gasteiger partial charge in [0.25, 0.3) is 5.69 Å². The molecule has 5 nitrogen and oxygen atoms in total. The molecule has 1 heterocycles. The van der Waals surface area contributed by atoms with Crippen molar-refractivity contribution in [3.05, 3.63) is 69.3 Å². The van der Waals surface area contributed by atoms with Crippen molar-refractivity contribution in [1.29, 1.82) is 0 Å². The van der Waals surface area contributed by atoms with Crippen molar-refractivity contribution in [2.24, 2.45) is 0 Å². The number of nitro benzene ring substituents is 1. The number of ketones is 1. The molecule has 1 N–H and O–H groups in total. The molecule has 0 aromatic heterocycles. The van der Waals surface area contributed by atoms with Crippen LogP contribution in [0.25, 0.3) is 0 Å². The van der Waals surface area contributed by atoms with E-state index in [-0.39, 0.29) is 23.4 Å². The predicted octanol–water partition coefficient (Wildman–Crippen LogP) is 3.82. The largest absolute Gasteiger partial charge is 0.377 e. The maximum Gasteiger partial charge on any atom is 0.280 e. The smallest absolute Gasteiger partial charge is 0.280 e. The van der Waals surface area contributed by atoms with Gasteiger partial charge >= 0.3 is 0 Å². The molecule has 2 aromatic carbocycles. The number of hydrogen-bond acceptors (Lipinski definition) is 4. The van der Waals surface area contributed by atoms with E-state index in [0.717, 1.165) is 23.2 Å². The van der Waals surface area contributed by atoms with Crippen LogP contribution in [0.15, 0.2) is 42.5 Å². The molecule has 0 saturated carbocycles. The van der Waals surface area contributed by atoms with Crippen LogP contribution < -0.4 is 5.32 Å². The Morgan fingerprint density at radius 2 is 1.91 bits per heavy atom. The molecule has 2 unspecified atom stereocenters. The second-order valence-electron chi connectivity index (χ2n) is 5.78. The lowest BCUT2D eigenvalue weighted by Gasteiger charge is -2.24. The van der Waals surface area contributed by atoms with Crippen LogP contribution in [0.3, 0.4) is 0 Å². The third kappa shape index (κ3) is 1.75. The van der Waals surface area contributed by atoms with Crippen molar-refractivity contribution in [2.45, 2.75) is 24.8 Å². The van der Waals surface area contributed by atoms with Gasteiger partial charge in [0.15, 0.2) is 5.78 Å². The van der Waals surface area contributed by atoms with Gasteiger partial charge in [-0.3, -0.25) is 14.9 Å². The van der Waals surface area contributed by atoms with Gasteiger partial charge in [0.1, 0.15) is 5.56 Å². The normalized spacial score (nSPS) is 22.1. The summed E-state index contributed by atoms with van der Waals surface area (Å²) in [6.07, 6.45) is 1.10. The molecule has 2 aromatic rings. The number of nitrogens with one attached hydrogen (secondary N) is 1. The van der Waals surface area contributed by atoms with Gasteiger partial charge in [-0.25, -0.2) is 0 Å². The maximum atomic E-state index is 12.2. The number of benzene rings is 2. The van der Waals surface area contributed by atoms with E-state index in [2.05, 4.69) is 5.32 Å². The Labute approximate surface area is 127 Å². The number of nitrogens with zero attached hydrogens (tertiary/aromatic N) is 1. The number of anilines is 1. The summed E-state index contributed by atoms with van der Waals surface area (Å²) in [6, 6.07) is 13.3. The van der Waals surface area contributed by atoms with Crippen molar-refractivity contribution < 1.29 is 9.72 Å². The van der Waals surface area contributed by atoms with Crippen LogP contribution in [0.2, 0.25) is 0 Å². The van der Waals surface area contributed by atoms with Crippen LogP contribution in [-0.2, 0) is 0 Å². The SMILES string of the molecule is O=C1CCC2c3c(ccc([N+](=O)[O-])c31)NC2c1ccccc1. The molecule has 0 fully saturated rings. The third-order valence-corrected chi connectivity index (χ3v) is 4.62. The van der Waals surface area contributed by atoms with Gasteiger partial charge in [-0.1, -0.05) is 30.3 Å². The Bertz CT molecular complexity index is 786. The van der Waals surface area contributed by atoms with Gasteiger partial charge < -0.3 is 5.32 Å². The Kier molecular flexibility index (Phi) is 2.76. The number of rotatable bonds is 2. The molecule has 22 heavy (non-hydrogen) atoms. The molecule has 1 aliphatic carbocycles. The van der Waals surface area contributed by atoms with E-state index in [1.807, 2.05) is 30.3 Å². The van der Waals surface area contributed by atoms with E-state index in [0.29, 0.717) is 12.0 Å². The van der Waals surface area contributed by atoms with Gasteiger partial charge in [0.2, 0.25) is 0 Å². The average Bonchev–Trinajstić information content (AvgIpc) is 2.91. The summed E-state index contributed by atoms with van der Waals surface area (Å²) in [5.41, 5.74) is 3.08. The summed E-state index contributed by atoms with van der Waals surface area (Å²) in [5.74, 6) is 0.000289. The van der Waals surface area contributed by atoms with Gasteiger partial charge in [-0.15, -0.1) is 0 Å². The van der Waals surface area contributed by atoms with Crippen molar-refractivity contribution in [2.75, 3.05) is 5.32 Å². The monoisotopic (exact) mass is 294 g/mol. The summed E-state index contributed by atoms with van der Waals surface area (Å²) < 4.78 is 0. The summed E-state index contributed by atoms with van der Waals surface area (Å²) in [4.78, 5) is 23.0. The predicted molar refractivity (Wildman–Crippen MR) is 82.2 cm³/mol. The highest BCUT2D eigenvalue weighted by Gasteiger charge is 2.42. The van der Waals surface area contributed by atoms with E-state index >= 15 is 0 Å². The quantitative estimate of drug-likeness (QED) is 0.675. The lowest BCUT2D eigenvalue weighted by Crippen LogP contribution is -2.19. The highest BCUT2D eigenvalue weighted by Crippen LogP contribution is 2.52. The third-order valence-electron chi connectivity index (χ3n) is 4.62. The van der Waals surface area contributed by atoms with Crippen molar-refractivity contribution in [3.8, 4) is 0 Å². The van der Waals surface area contributed by atoms with E-state index in [4.69, 9.17) is 0 Å². The fraction of sp³-hybridized carbons (Fsp3) is 0.235. The van der Waals surface area contributed by atoms with Gasteiger partial charge in [0, 0.05) is 24.1 Å². The van der Waals surface area contributed by atoms with Gasteiger partial charge in [-0.2, -0.15) is 0 Å². The van der Waals surface area contributed by atoms with Crippen LogP contribution in [0.1, 0.15) is 46.3 Å². The molecule has 0 saturated heterocycles. The number of carbonyl (C=O) groups is 1. The first kappa shape index (κ1) is 13.0. The molecule has 5 heteroatoms. The molecule has 4 rings (SSSR count). The minimum absolute atomic E-state index is 0.0658. The Balaban J connectivity index is 1.88. The average molecular weight is 294 g/mol. The molecule has 0 spiro atoms. The minimum Gasteiger partial charge on any atom is -0.377 e. The summed E-state index contributed by atoms with van der Waals surface area (Å²) in [6.45, 7) is 0. The number of nitro groups is 1. The van der Waals surface area contributed by atoms with Gasteiger partial charge in [-0.05, 0) is 23.6 Å². The highest BCUT2D eigenvalue weighted by atomic mass is 16.6. The highest BCUT2D eigenvalue weighted by molar-refractivity contribution is 6.04. The van der Waals surface area contributed by atoms with E-state index in [1.54, 1.807) is 6.07 Å². The van der Waals surface area contributed by atoms with Crippen molar-refractivity contribution >= 4 is 17.2 Å². The molecule has 2 aliphatic rings. The first-order valence-corrected chi connectivity index (χ1v) is 7.33. The number of carbonyl (C=O) groups excluding carboxylic acids is 1. The Morgan fingerprint density at radius 1 is 1.14 bits per heavy atom. The number of Topliss-reactive ketones (excluding diaryl/α,β-unsaturated/α-hetero) is 1. The first-order valence-electron chi connectivity index (χ1n) is 7.33. The van der Waals surface area contributed by atoms with Gasteiger partial charge in [0.05, 0.1) is 11.0 Å². The molecular weight excluding hydrogens is 280 g/mol. The summed E-state index contributed by atoms with van der Waals surface area (Å²) in [5, 5.41) is 14.7. The van der Waals surface area contributed by atoms with E-state index in [9.17, 15) is 14.9 Å². The zero-order chi connectivity index (χ0) is 15.3. The molecule has 0 amide bonds. The second kappa shape index (κ2) is 4.66. The lowest BCUT2D eigenvalue weighted by atomic mass is 9.78. The fourth-order valence-electron chi connectivity index (χ4n) is 3.70. The van der Waals surface area contributed by atoms with Crippen LogP contribution in [0, 0.1) is 10.1 Å². The molecule has 110 valence electrons. The minimum atomic E-state index is -0.453. The molecule has 2 atom stereocenters. The lowest BCUT2D eigenvalue weighted by molar-refractivity contribution is -0.385. The van der Waals surface area contributed by atoms with Crippen molar-refractivity contribution in [3.63, 3.8) is 0 Å². The van der Waals surface area contributed by atoms with E-state index < -0.39 is 4.92 Å². The first-order chi connectivity index (χ1) is 10.7. The zero-order valence-corrected chi connectivity index (χ0v) is 11.8. The standard InChI is InChI=1S/C17H14N2O3/c20-14-9-6-11-15-12(7-8-13(16(14)15)19(21)22)18-17(11)10-4-2-1-3-5-10/h1-5,7-8,11,17-18H,6,9H2. The van der Waals surface area contributed by atoms with Crippen LogP contribution in [0.4, 0.5) is 11.4 Å². The second-order valence-corrected chi connectivity index (χ2v) is 5.78. The molecule has 0 radical (unpaired) electrons. The molecule has 0 bridgehead atoms. The number of hydrogen-bond donors (Lipinski definition) is 1. The zero-order valence-electron chi connectivity index (χ0n) is 11.8. The molecule has 1 aliphatic heterocycles. The molecular formula is C17H14N2O3. The van der Waals surface area contributed by atoms with Crippen molar-refractivity contribution in [1.82, 2.24) is 0 Å². The maximum absolute atomic E-state index is 12.2. The van der Waals surface area contributed by atoms with Crippen LogP contribution in [-0.4, -0.2) is 10.7 Å².